The highest BCUT2D eigenvalue weighted by Gasteiger charge is 2.60. The summed E-state index contributed by atoms with van der Waals surface area (Å²) in [5.74, 6) is -5.17. The van der Waals surface area contributed by atoms with Gasteiger partial charge in [-0.05, 0) is 46.2 Å². The number of likely N-dealkylation sites (tertiary alicyclic amines) is 1. The van der Waals surface area contributed by atoms with Gasteiger partial charge in [0.1, 0.15) is 16.8 Å². The Hall–Kier alpha value is -3.65. The maximum absolute atomic E-state index is 14.0. The molecule has 228 valence electrons. The SMILES string of the molecule is CC(C)(C)OC(=O)N1CC(C)(C(O)(c2ccc(C(F)(F)C(F)(F)F)cc2)c2cncc(-c3noc(C(C)(C)O)n3)c2)C1. The van der Waals surface area contributed by atoms with Crippen molar-refractivity contribution < 1.29 is 46.2 Å². The maximum atomic E-state index is 14.0. The molecule has 1 unspecified atom stereocenters. The highest BCUT2D eigenvalue weighted by molar-refractivity contribution is 5.70. The normalized spacial score (nSPS) is 17.4. The lowest BCUT2D eigenvalue weighted by atomic mass is 9.62. The highest BCUT2D eigenvalue weighted by Crippen LogP contribution is 2.52. The van der Waals surface area contributed by atoms with Crippen LogP contribution in [0.5, 0.6) is 0 Å². The summed E-state index contributed by atoms with van der Waals surface area (Å²) in [6.45, 7) is 9.50. The minimum atomic E-state index is -5.82. The van der Waals surface area contributed by atoms with E-state index in [9.17, 15) is 37.0 Å². The Balaban J connectivity index is 1.79. The molecule has 1 amide bonds. The summed E-state index contributed by atoms with van der Waals surface area (Å²) in [6.07, 6.45) is -3.78. The van der Waals surface area contributed by atoms with Gasteiger partial charge in [0.25, 0.3) is 5.89 Å². The Labute approximate surface area is 238 Å². The number of alkyl halides is 5. The van der Waals surface area contributed by atoms with Crippen LogP contribution in [-0.2, 0) is 21.9 Å². The van der Waals surface area contributed by atoms with E-state index >= 15 is 0 Å². The standard InChI is InChI=1S/C28H31F5N4O5/c1-23(2,3)41-22(38)37-14-25(6,15-37)26(40,17-7-9-18(10-8-17)27(29,30)28(31,32)33)19-11-16(12-34-13-19)20-35-21(42-36-20)24(4,5)39/h7-13,39-40H,14-15H2,1-6H3. The predicted molar refractivity (Wildman–Crippen MR) is 138 cm³/mol. The molecule has 0 bridgehead atoms. The topological polar surface area (TPSA) is 122 Å². The van der Waals surface area contributed by atoms with Crippen molar-refractivity contribution in [2.45, 2.75) is 70.4 Å². The molecule has 14 heteroatoms. The van der Waals surface area contributed by atoms with Crippen molar-refractivity contribution in [2.75, 3.05) is 13.1 Å². The molecule has 0 saturated carbocycles. The molecule has 1 aromatic carbocycles. The summed E-state index contributed by atoms with van der Waals surface area (Å²) in [6, 6.07) is 4.65. The fraction of sp³-hybridized carbons (Fsp3) is 0.500. The van der Waals surface area contributed by atoms with E-state index < -0.39 is 46.0 Å². The number of aliphatic hydroxyl groups is 2. The van der Waals surface area contributed by atoms with Crippen molar-refractivity contribution in [1.29, 1.82) is 0 Å². The summed E-state index contributed by atoms with van der Waals surface area (Å²) in [5, 5.41) is 26.4. The molecule has 3 heterocycles. The fourth-order valence-corrected chi connectivity index (χ4v) is 4.78. The van der Waals surface area contributed by atoms with Crippen LogP contribution in [0.3, 0.4) is 0 Å². The molecule has 2 N–H and O–H groups in total. The lowest BCUT2D eigenvalue weighted by Crippen LogP contribution is -2.66. The summed E-state index contributed by atoms with van der Waals surface area (Å²) in [5.41, 5.74) is -6.38. The van der Waals surface area contributed by atoms with Crippen LogP contribution in [-0.4, -0.2) is 61.2 Å². The van der Waals surface area contributed by atoms with Gasteiger partial charge in [-0.2, -0.15) is 26.9 Å². The van der Waals surface area contributed by atoms with Gasteiger partial charge >= 0.3 is 18.2 Å². The lowest BCUT2D eigenvalue weighted by Gasteiger charge is -2.56. The molecule has 0 aliphatic carbocycles. The van der Waals surface area contributed by atoms with E-state index in [-0.39, 0.29) is 41.5 Å². The summed E-state index contributed by atoms with van der Waals surface area (Å²) in [4.78, 5) is 22.4. The van der Waals surface area contributed by atoms with Gasteiger partial charge in [-0.15, -0.1) is 0 Å². The van der Waals surface area contributed by atoms with Crippen molar-refractivity contribution in [3.63, 3.8) is 0 Å². The first-order chi connectivity index (χ1) is 19.1. The molecule has 0 spiro atoms. The number of ether oxygens (including phenoxy) is 1. The van der Waals surface area contributed by atoms with Gasteiger partial charge < -0.3 is 24.4 Å². The zero-order chi connectivity index (χ0) is 31.5. The van der Waals surface area contributed by atoms with Crippen LogP contribution in [0.1, 0.15) is 64.1 Å². The van der Waals surface area contributed by atoms with Crippen LogP contribution in [0.2, 0.25) is 0 Å². The number of carbonyl (C=O) groups is 1. The molecule has 1 saturated heterocycles. The van der Waals surface area contributed by atoms with Gasteiger partial charge in [0.2, 0.25) is 5.82 Å². The number of aromatic nitrogens is 3. The van der Waals surface area contributed by atoms with Crippen molar-refractivity contribution in [3.05, 3.63) is 65.3 Å². The molecule has 42 heavy (non-hydrogen) atoms. The van der Waals surface area contributed by atoms with Crippen molar-refractivity contribution in [3.8, 4) is 11.4 Å². The zero-order valence-corrected chi connectivity index (χ0v) is 23.8. The van der Waals surface area contributed by atoms with E-state index in [1.54, 1.807) is 27.7 Å². The van der Waals surface area contributed by atoms with Gasteiger partial charge in [-0.25, -0.2) is 4.79 Å². The number of carbonyl (C=O) groups excluding carboxylic acids is 1. The number of halogens is 5. The van der Waals surface area contributed by atoms with Gasteiger partial charge in [0, 0.05) is 47.6 Å². The molecule has 9 nitrogen and oxygen atoms in total. The third-order valence-corrected chi connectivity index (χ3v) is 6.99. The minimum Gasteiger partial charge on any atom is -0.444 e. The van der Waals surface area contributed by atoms with Gasteiger partial charge in [-0.1, -0.05) is 36.3 Å². The maximum Gasteiger partial charge on any atom is 0.458 e. The molecule has 1 aliphatic rings. The smallest absolute Gasteiger partial charge is 0.444 e. The van der Waals surface area contributed by atoms with E-state index in [0.717, 1.165) is 12.1 Å². The second-order valence-electron chi connectivity index (χ2n) is 12.2. The first kappa shape index (κ1) is 31.3. The van der Waals surface area contributed by atoms with E-state index in [1.165, 1.54) is 37.2 Å². The molecular weight excluding hydrogens is 567 g/mol. The highest BCUT2D eigenvalue weighted by atomic mass is 19.4. The predicted octanol–water partition coefficient (Wildman–Crippen LogP) is 5.51. The van der Waals surface area contributed by atoms with Crippen molar-refractivity contribution in [1.82, 2.24) is 20.0 Å². The second-order valence-corrected chi connectivity index (χ2v) is 12.2. The molecule has 1 atom stereocenters. The monoisotopic (exact) mass is 598 g/mol. The van der Waals surface area contributed by atoms with Crippen LogP contribution in [0.4, 0.5) is 26.7 Å². The Morgan fingerprint density at radius 2 is 1.52 bits per heavy atom. The molecule has 2 aromatic heterocycles. The molecule has 1 fully saturated rings. The van der Waals surface area contributed by atoms with Crippen LogP contribution < -0.4 is 0 Å². The van der Waals surface area contributed by atoms with Crippen LogP contribution in [0.15, 0.2) is 47.2 Å². The van der Waals surface area contributed by atoms with Gasteiger partial charge in [-0.3, -0.25) is 4.98 Å². The number of nitrogens with zero attached hydrogens (tertiary/aromatic N) is 4. The van der Waals surface area contributed by atoms with Crippen molar-refractivity contribution in [2.24, 2.45) is 5.41 Å². The van der Waals surface area contributed by atoms with Crippen molar-refractivity contribution >= 4 is 6.09 Å². The number of benzene rings is 1. The molecule has 4 rings (SSSR count). The number of hydrogen-bond donors (Lipinski definition) is 2. The Bertz CT molecular complexity index is 1450. The van der Waals surface area contributed by atoms with Gasteiger partial charge in [0.05, 0.1) is 0 Å². The summed E-state index contributed by atoms with van der Waals surface area (Å²) in [7, 11) is 0. The lowest BCUT2D eigenvalue weighted by molar-refractivity contribution is -0.289. The first-order valence-electron chi connectivity index (χ1n) is 12.9. The van der Waals surface area contributed by atoms with E-state index in [2.05, 4.69) is 15.1 Å². The zero-order valence-electron chi connectivity index (χ0n) is 23.8. The third kappa shape index (κ3) is 5.56. The number of rotatable bonds is 6. The quantitative estimate of drug-likeness (QED) is 0.357. The van der Waals surface area contributed by atoms with E-state index in [0.29, 0.717) is 12.1 Å². The van der Waals surface area contributed by atoms with Crippen LogP contribution in [0.25, 0.3) is 11.4 Å². The van der Waals surface area contributed by atoms with Crippen LogP contribution >= 0.6 is 0 Å². The largest absolute Gasteiger partial charge is 0.458 e. The van der Waals surface area contributed by atoms with Crippen LogP contribution in [0, 0.1) is 5.41 Å². The first-order valence-corrected chi connectivity index (χ1v) is 12.9. The van der Waals surface area contributed by atoms with Gasteiger partial charge in [0.15, 0.2) is 0 Å². The number of amides is 1. The number of pyridine rings is 1. The average molecular weight is 599 g/mol. The minimum absolute atomic E-state index is 0.0141. The Morgan fingerprint density at radius 3 is 2.02 bits per heavy atom. The molecule has 3 aromatic rings. The number of hydrogen-bond acceptors (Lipinski definition) is 8. The molecular formula is C28H31F5N4O5. The van der Waals surface area contributed by atoms with E-state index in [1.807, 2.05) is 0 Å². The molecule has 0 radical (unpaired) electrons. The Morgan fingerprint density at radius 1 is 0.952 bits per heavy atom. The second kappa shape index (κ2) is 9.97. The average Bonchev–Trinajstić information content (AvgIpc) is 3.36. The third-order valence-electron chi connectivity index (χ3n) is 6.99. The van der Waals surface area contributed by atoms with E-state index in [4.69, 9.17) is 9.26 Å². The Kier molecular flexibility index (Phi) is 7.43. The summed E-state index contributed by atoms with van der Waals surface area (Å²) < 4.78 is 77.6. The molecule has 1 aliphatic heterocycles. The summed E-state index contributed by atoms with van der Waals surface area (Å²) >= 11 is 0. The fourth-order valence-electron chi connectivity index (χ4n) is 4.78.